The summed E-state index contributed by atoms with van der Waals surface area (Å²) in [5, 5.41) is 6.46. The van der Waals surface area contributed by atoms with E-state index in [9.17, 15) is 0 Å². The highest BCUT2D eigenvalue weighted by Crippen LogP contribution is 2.37. The van der Waals surface area contributed by atoms with Crippen molar-refractivity contribution in [1.29, 1.82) is 0 Å². The number of rotatable bonds is 3. The minimum Gasteiger partial charge on any atom is -0.315 e. The highest BCUT2D eigenvalue weighted by atomic mass is 79.9. The van der Waals surface area contributed by atoms with E-state index in [1.807, 2.05) is 7.05 Å². The van der Waals surface area contributed by atoms with E-state index < -0.39 is 0 Å². The van der Waals surface area contributed by atoms with Gasteiger partial charge in [-0.05, 0) is 29.0 Å². The normalized spacial score (nSPS) is 12.1. The first-order valence-electron chi connectivity index (χ1n) is 5.81. The molecule has 0 radical (unpaired) electrons. The van der Waals surface area contributed by atoms with E-state index in [-0.39, 0.29) is 5.41 Å². The number of aromatic nitrogens is 1. The van der Waals surface area contributed by atoms with E-state index in [0.717, 1.165) is 16.0 Å². The van der Waals surface area contributed by atoms with Crippen molar-refractivity contribution in [2.75, 3.05) is 7.05 Å². The van der Waals surface area contributed by atoms with E-state index in [1.165, 1.54) is 15.4 Å². The van der Waals surface area contributed by atoms with Gasteiger partial charge in [0.2, 0.25) is 0 Å². The molecule has 0 aromatic carbocycles. The van der Waals surface area contributed by atoms with E-state index >= 15 is 0 Å². The van der Waals surface area contributed by atoms with Crippen LogP contribution in [0.5, 0.6) is 0 Å². The second kappa shape index (κ2) is 5.41. The van der Waals surface area contributed by atoms with Crippen LogP contribution >= 0.6 is 38.6 Å². The van der Waals surface area contributed by atoms with Gasteiger partial charge in [-0.15, -0.1) is 22.7 Å². The molecular formula is C13H17BrN2S2. The molecule has 0 saturated carbocycles. The van der Waals surface area contributed by atoms with Crippen LogP contribution in [0.15, 0.2) is 15.9 Å². The number of nitrogens with one attached hydrogen (secondary N) is 1. The van der Waals surface area contributed by atoms with Crippen LogP contribution in [0.3, 0.4) is 0 Å². The van der Waals surface area contributed by atoms with Crippen LogP contribution in [0.4, 0.5) is 0 Å². The second-order valence-electron chi connectivity index (χ2n) is 5.20. The molecule has 1 N–H and O–H groups in total. The maximum absolute atomic E-state index is 4.85. The quantitative estimate of drug-likeness (QED) is 0.876. The van der Waals surface area contributed by atoms with Gasteiger partial charge in [0.25, 0.3) is 0 Å². The first-order chi connectivity index (χ1) is 8.41. The molecule has 18 heavy (non-hydrogen) atoms. The van der Waals surface area contributed by atoms with Crippen molar-refractivity contribution in [3.05, 3.63) is 26.5 Å². The Morgan fingerprint density at radius 2 is 2.11 bits per heavy atom. The van der Waals surface area contributed by atoms with Gasteiger partial charge < -0.3 is 5.32 Å². The third-order valence-electron chi connectivity index (χ3n) is 2.52. The fraction of sp³-hybridized carbons (Fsp3) is 0.462. The van der Waals surface area contributed by atoms with Crippen molar-refractivity contribution in [1.82, 2.24) is 10.3 Å². The molecule has 0 amide bonds. The lowest BCUT2D eigenvalue weighted by Crippen LogP contribution is -2.16. The molecule has 0 aliphatic rings. The SMILES string of the molecule is CNCc1sc(-c2cc(Br)cs2)nc1C(C)(C)C. The molecule has 2 rings (SSSR count). The van der Waals surface area contributed by atoms with E-state index in [2.05, 4.69) is 53.5 Å². The molecule has 0 aliphatic carbocycles. The van der Waals surface area contributed by atoms with Gasteiger partial charge in [0, 0.05) is 26.7 Å². The predicted octanol–water partition coefficient (Wildman–Crippen LogP) is 4.65. The Labute approximate surface area is 125 Å². The Hall–Kier alpha value is -0.230. The zero-order chi connectivity index (χ0) is 13.3. The Morgan fingerprint density at radius 1 is 1.39 bits per heavy atom. The van der Waals surface area contributed by atoms with Crippen LogP contribution in [0, 0.1) is 0 Å². The Kier molecular flexibility index (Phi) is 4.26. The molecule has 0 saturated heterocycles. The van der Waals surface area contributed by atoms with Crippen molar-refractivity contribution in [3.63, 3.8) is 0 Å². The molecule has 5 heteroatoms. The van der Waals surface area contributed by atoms with Crippen molar-refractivity contribution < 1.29 is 0 Å². The number of halogens is 1. The number of nitrogens with zero attached hydrogens (tertiary/aromatic N) is 1. The van der Waals surface area contributed by atoms with Crippen LogP contribution in [-0.4, -0.2) is 12.0 Å². The van der Waals surface area contributed by atoms with Crippen LogP contribution in [-0.2, 0) is 12.0 Å². The maximum atomic E-state index is 4.85. The summed E-state index contributed by atoms with van der Waals surface area (Å²) in [7, 11) is 1.98. The number of thiazole rings is 1. The van der Waals surface area contributed by atoms with Gasteiger partial charge in [-0.3, -0.25) is 0 Å². The summed E-state index contributed by atoms with van der Waals surface area (Å²) in [5.74, 6) is 0. The molecule has 0 unspecified atom stereocenters. The largest absolute Gasteiger partial charge is 0.315 e. The van der Waals surface area contributed by atoms with Crippen molar-refractivity contribution in [3.8, 4) is 9.88 Å². The average Bonchev–Trinajstić information content (AvgIpc) is 2.84. The summed E-state index contributed by atoms with van der Waals surface area (Å²) in [6, 6.07) is 2.14. The first-order valence-corrected chi connectivity index (χ1v) is 8.30. The van der Waals surface area contributed by atoms with Gasteiger partial charge in [0.05, 0.1) is 10.6 Å². The summed E-state index contributed by atoms with van der Waals surface area (Å²) in [6.45, 7) is 7.54. The minimum atomic E-state index is 0.0927. The summed E-state index contributed by atoms with van der Waals surface area (Å²) in [5.41, 5.74) is 1.30. The molecule has 2 nitrogen and oxygen atoms in total. The van der Waals surface area contributed by atoms with Gasteiger partial charge in [-0.1, -0.05) is 20.8 Å². The lowest BCUT2D eigenvalue weighted by molar-refractivity contribution is 0.564. The average molecular weight is 345 g/mol. The minimum absolute atomic E-state index is 0.0927. The van der Waals surface area contributed by atoms with E-state index in [0.29, 0.717) is 0 Å². The maximum Gasteiger partial charge on any atom is 0.134 e. The van der Waals surface area contributed by atoms with E-state index in [4.69, 9.17) is 4.98 Å². The Bertz CT molecular complexity index is 537. The third-order valence-corrected chi connectivity index (χ3v) is 5.44. The molecule has 0 bridgehead atoms. The molecule has 2 aromatic rings. The smallest absolute Gasteiger partial charge is 0.134 e. The van der Waals surface area contributed by atoms with Crippen LogP contribution < -0.4 is 5.32 Å². The molecule has 0 fully saturated rings. The summed E-state index contributed by atoms with van der Waals surface area (Å²) >= 11 is 7.03. The van der Waals surface area contributed by atoms with Gasteiger partial charge in [-0.2, -0.15) is 0 Å². The second-order valence-corrected chi connectivity index (χ2v) is 8.11. The summed E-state index contributed by atoms with van der Waals surface area (Å²) < 4.78 is 1.13. The molecule has 2 heterocycles. The molecule has 2 aromatic heterocycles. The van der Waals surface area contributed by atoms with Crippen molar-refractivity contribution in [2.45, 2.75) is 32.7 Å². The highest BCUT2D eigenvalue weighted by molar-refractivity contribution is 9.10. The Balaban J connectivity index is 2.45. The van der Waals surface area contributed by atoms with Gasteiger partial charge in [0.15, 0.2) is 0 Å². The third kappa shape index (κ3) is 3.02. The highest BCUT2D eigenvalue weighted by Gasteiger charge is 2.23. The molecule has 98 valence electrons. The van der Waals surface area contributed by atoms with E-state index in [1.54, 1.807) is 22.7 Å². The predicted molar refractivity (Wildman–Crippen MR) is 84.6 cm³/mol. The van der Waals surface area contributed by atoms with Crippen molar-refractivity contribution in [2.24, 2.45) is 0 Å². The molecular weight excluding hydrogens is 328 g/mol. The van der Waals surface area contributed by atoms with Crippen LogP contribution in [0.2, 0.25) is 0 Å². The lowest BCUT2D eigenvalue weighted by Gasteiger charge is -2.17. The van der Waals surface area contributed by atoms with Crippen molar-refractivity contribution >= 4 is 38.6 Å². The first kappa shape index (κ1) is 14.2. The molecule has 0 atom stereocenters. The lowest BCUT2D eigenvalue weighted by atomic mass is 9.91. The molecule has 0 spiro atoms. The Morgan fingerprint density at radius 3 is 2.61 bits per heavy atom. The molecule has 0 aliphatic heterocycles. The number of hydrogen-bond donors (Lipinski definition) is 1. The zero-order valence-electron chi connectivity index (χ0n) is 11.0. The number of hydrogen-bond acceptors (Lipinski definition) is 4. The fourth-order valence-corrected chi connectivity index (χ4v) is 4.52. The van der Waals surface area contributed by atoms with Gasteiger partial charge in [0.1, 0.15) is 5.01 Å². The van der Waals surface area contributed by atoms with Crippen LogP contribution in [0.25, 0.3) is 9.88 Å². The van der Waals surface area contributed by atoms with Crippen LogP contribution in [0.1, 0.15) is 31.3 Å². The fourth-order valence-electron chi connectivity index (χ4n) is 1.75. The number of thiophene rings is 1. The van der Waals surface area contributed by atoms with Gasteiger partial charge in [-0.25, -0.2) is 4.98 Å². The standard InChI is InChI=1S/C13H17BrN2S2/c1-13(2,3)11-10(6-15-4)18-12(16-11)9-5-8(14)7-17-9/h5,7,15H,6H2,1-4H3. The monoisotopic (exact) mass is 344 g/mol. The van der Waals surface area contributed by atoms with Gasteiger partial charge >= 0.3 is 0 Å². The summed E-state index contributed by atoms with van der Waals surface area (Å²) in [4.78, 5) is 7.43. The zero-order valence-corrected chi connectivity index (χ0v) is 14.2. The summed E-state index contributed by atoms with van der Waals surface area (Å²) in [6.07, 6.45) is 0. The topological polar surface area (TPSA) is 24.9 Å².